The molecule has 8 bridgehead atoms. The van der Waals surface area contributed by atoms with E-state index in [2.05, 4.69) is 189 Å². The minimum atomic E-state index is 0.145. The van der Waals surface area contributed by atoms with Crippen LogP contribution in [-0.2, 0) is 0 Å². The second-order valence-corrected chi connectivity index (χ2v) is 16.9. The number of thiophene rings is 1. The highest BCUT2D eigenvalue weighted by molar-refractivity contribution is 7.24. The van der Waals surface area contributed by atoms with Crippen LogP contribution in [0.15, 0.2) is 156 Å². The summed E-state index contributed by atoms with van der Waals surface area (Å²) in [6, 6.07) is 43.1. The van der Waals surface area contributed by atoms with Crippen LogP contribution in [0, 0.1) is 20.8 Å². The van der Waals surface area contributed by atoms with Gasteiger partial charge in [-0.05, 0) is 104 Å². The Morgan fingerprint density at radius 3 is 1.34 bits per heavy atom. The van der Waals surface area contributed by atoms with Crippen LogP contribution in [0.2, 0.25) is 0 Å². The van der Waals surface area contributed by atoms with Crippen LogP contribution in [0.4, 0.5) is 0 Å². The number of hydrogen-bond acceptors (Lipinski definition) is 6. The Hall–Kier alpha value is -7.48. The van der Waals surface area contributed by atoms with Gasteiger partial charge >= 0.3 is 0 Å². The van der Waals surface area contributed by atoms with E-state index in [1.165, 1.54) is 16.7 Å². The fourth-order valence-corrected chi connectivity index (χ4v) is 9.44. The topological polar surface area (TPSA) is 69.6 Å². The van der Waals surface area contributed by atoms with Gasteiger partial charge < -0.3 is 4.42 Å². The Morgan fingerprint density at radius 1 is 0.475 bits per heavy atom. The van der Waals surface area contributed by atoms with Crippen molar-refractivity contribution in [3.63, 3.8) is 0 Å². The first-order chi connectivity index (χ1) is 29.9. The van der Waals surface area contributed by atoms with Crippen LogP contribution in [0.3, 0.4) is 0 Å². The van der Waals surface area contributed by atoms with Gasteiger partial charge in [0.25, 0.3) is 0 Å². The summed E-state index contributed by atoms with van der Waals surface area (Å²) in [4.78, 5) is 10.9. The van der Waals surface area contributed by atoms with E-state index < -0.39 is 0 Å². The summed E-state index contributed by atoms with van der Waals surface area (Å²) in [5.74, 6) is 0.145. The van der Waals surface area contributed by atoms with Gasteiger partial charge in [-0.15, -0.1) is 16.4 Å². The quantitative estimate of drug-likeness (QED) is 0.167. The Morgan fingerprint density at radius 2 is 0.885 bits per heavy atom. The molecule has 2 aliphatic heterocycles. The Labute approximate surface area is 357 Å². The lowest BCUT2D eigenvalue weighted by molar-refractivity contribution is 0.667. The molecule has 61 heavy (non-hydrogen) atoms. The van der Waals surface area contributed by atoms with Crippen molar-refractivity contribution in [3.05, 3.63) is 197 Å². The summed E-state index contributed by atoms with van der Waals surface area (Å²) in [5, 5.41) is 8.96. The maximum atomic E-state index is 6.98. The number of hydrogen-bond donors (Lipinski definition) is 0. The summed E-state index contributed by atoms with van der Waals surface area (Å²) in [6.45, 7) is 6.34. The van der Waals surface area contributed by atoms with E-state index in [1.54, 1.807) is 11.3 Å². The number of rotatable bonds is 6. The van der Waals surface area contributed by atoms with E-state index in [4.69, 9.17) is 14.4 Å². The standard InChI is InChI=1S/C54H39N5OS/c1-33-8-14-37(15-9-33)51-42-24-26-44(55-42)53(39-18-12-35(3)13-19-39)49-30-31-50(61-49)54(40-20-22-41(23-21-40)59-32-46(57-58-59)36-6-4-5-7-36)45-27-25-43(56-45)52(48-29-28-47(51)60-48)38-16-10-34(2)11-17-38/h4-32,36H,1-3H3. The molecule has 7 heteroatoms. The molecule has 0 saturated carbocycles. The number of fused-ring (bicyclic) bond motifs is 8. The fourth-order valence-electron chi connectivity index (χ4n) is 8.29. The van der Waals surface area contributed by atoms with Crippen LogP contribution in [-0.4, -0.2) is 25.0 Å². The van der Waals surface area contributed by atoms with Gasteiger partial charge in [-0.3, -0.25) is 0 Å². The third-order valence-electron chi connectivity index (χ3n) is 11.5. The molecular formula is C54H39N5OS. The molecule has 11 rings (SSSR count). The molecular weight excluding hydrogens is 767 g/mol. The molecule has 8 aromatic rings. The summed E-state index contributed by atoms with van der Waals surface area (Å²) in [5.41, 5.74) is 18.6. The predicted molar refractivity (Wildman–Crippen MR) is 252 cm³/mol. The summed E-state index contributed by atoms with van der Waals surface area (Å²) in [6.07, 6.45) is 18.9. The lowest BCUT2D eigenvalue weighted by Gasteiger charge is -2.07. The van der Waals surface area contributed by atoms with Crippen LogP contribution < -0.4 is 0 Å². The monoisotopic (exact) mass is 805 g/mol. The number of aromatic nitrogens is 5. The average Bonchev–Trinajstić information content (AvgIpc) is 4.13. The van der Waals surface area contributed by atoms with E-state index in [-0.39, 0.29) is 5.92 Å². The van der Waals surface area contributed by atoms with E-state index >= 15 is 0 Å². The van der Waals surface area contributed by atoms with Crippen molar-refractivity contribution in [2.45, 2.75) is 26.7 Å². The van der Waals surface area contributed by atoms with E-state index in [0.717, 1.165) is 99.2 Å². The van der Waals surface area contributed by atoms with E-state index in [0.29, 0.717) is 0 Å². The molecule has 0 saturated heterocycles. The lowest BCUT2D eigenvalue weighted by Crippen LogP contribution is -1.95. The third-order valence-corrected chi connectivity index (χ3v) is 12.7. The van der Waals surface area contributed by atoms with Gasteiger partial charge in [0.2, 0.25) is 0 Å². The minimum absolute atomic E-state index is 0.145. The fraction of sp³-hybridized carbons (Fsp3) is 0.0741. The average molecular weight is 806 g/mol. The number of benzene rings is 4. The van der Waals surface area contributed by atoms with Crippen molar-refractivity contribution >= 4 is 56.2 Å². The molecule has 4 aromatic heterocycles. The van der Waals surface area contributed by atoms with Crippen LogP contribution in [0.1, 0.15) is 51.1 Å². The minimum Gasteiger partial charge on any atom is -0.456 e. The lowest BCUT2D eigenvalue weighted by atomic mass is 10.0. The highest BCUT2D eigenvalue weighted by atomic mass is 32.1. The molecule has 0 radical (unpaired) electrons. The number of aryl methyl sites for hydroxylation is 3. The molecule has 0 N–H and O–H groups in total. The first-order valence-electron chi connectivity index (χ1n) is 20.5. The normalized spacial score (nSPS) is 13.2. The largest absolute Gasteiger partial charge is 0.456 e. The molecule has 0 fully saturated rings. The number of allylic oxidation sites excluding steroid dienone is 4. The first-order valence-corrected chi connectivity index (χ1v) is 21.3. The maximum Gasteiger partial charge on any atom is 0.137 e. The van der Waals surface area contributed by atoms with Gasteiger partial charge in [0.05, 0.1) is 51.5 Å². The van der Waals surface area contributed by atoms with Crippen molar-refractivity contribution in [2.75, 3.05) is 0 Å². The van der Waals surface area contributed by atoms with Crippen molar-refractivity contribution in [1.29, 1.82) is 0 Å². The van der Waals surface area contributed by atoms with Crippen molar-refractivity contribution < 1.29 is 4.42 Å². The van der Waals surface area contributed by atoms with Crippen molar-refractivity contribution in [3.8, 4) is 50.2 Å². The maximum absolute atomic E-state index is 6.98. The third kappa shape index (κ3) is 6.79. The molecule has 0 unspecified atom stereocenters. The van der Waals surface area contributed by atoms with E-state index in [9.17, 15) is 0 Å². The smallest absolute Gasteiger partial charge is 0.137 e. The molecule has 6 heterocycles. The Balaban J connectivity index is 1.21. The Kier molecular flexibility index (Phi) is 8.98. The van der Waals surface area contributed by atoms with Gasteiger partial charge in [0, 0.05) is 26.4 Å². The predicted octanol–water partition coefficient (Wildman–Crippen LogP) is 14.0. The van der Waals surface area contributed by atoms with Crippen LogP contribution in [0.5, 0.6) is 0 Å². The Bertz CT molecular complexity index is 3250. The van der Waals surface area contributed by atoms with Gasteiger partial charge in [-0.1, -0.05) is 131 Å². The SMILES string of the molecule is Cc1ccc(-c2c3nc(c(-c4ccc(C)cc4)c4ccc(s4)c(-c4ccc(-n5cc(C6C=CC=C6)nn5)cc4)c4nc(c(-c5ccc(C)cc5)c5ccc2o5)C=C4)C=C3)cc1. The molecule has 3 aliphatic rings. The number of furan rings is 1. The molecule has 6 nitrogen and oxygen atoms in total. The van der Waals surface area contributed by atoms with Gasteiger partial charge in [-0.2, -0.15) is 0 Å². The van der Waals surface area contributed by atoms with Crippen LogP contribution >= 0.6 is 11.3 Å². The second kappa shape index (κ2) is 15.0. The molecule has 4 aromatic carbocycles. The van der Waals surface area contributed by atoms with Crippen molar-refractivity contribution in [2.24, 2.45) is 0 Å². The molecule has 0 atom stereocenters. The van der Waals surface area contributed by atoms with Gasteiger partial charge in [-0.25, -0.2) is 14.6 Å². The zero-order valence-corrected chi connectivity index (χ0v) is 34.7. The molecule has 0 spiro atoms. The summed E-state index contributed by atoms with van der Waals surface area (Å²) < 4.78 is 11.0. The second-order valence-electron chi connectivity index (χ2n) is 15.8. The zero-order chi connectivity index (χ0) is 41.0. The van der Waals surface area contributed by atoms with Crippen molar-refractivity contribution in [1.82, 2.24) is 25.0 Å². The van der Waals surface area contributed by atoms with Gasteiger partial charge in [0.15, 0.2) is 0 Å². The summed E-state index contributed by atoms with van der Waals surface area (Å²) in [7, 11) is 0. The summed E-state index contributed by atoms with van der Waals surface area (Å²) >= 11 is 1.76. The molecule has 0 amide bonds. The highest BCUT2D eigenvalue weighted by Crippen LogP contribution is 2.42. The number of nitrogens with zero attached hydrogens (tertiary/aromatic N) is 5. The highest BCUT2D eigenvalue weighted by Gasteiger charge is 2.20. The van der Waals surface area contributed by atoms with E-state index in [1.807, 2.05) is 23.0 Å². The zero-order valence-electron chi connectivity index (χ0n) is 33.9. The first kappa shape index (κ1) is 36.6. The molecule has 1 aliphatic carbocycles. The van der Waals surface area contributed by atoms with Crippen LogP contribution in [0.25, 0.3) is 95.1 Å². The van der Waals surface area contributed by atoms with Gasteiger partial charge in [0.1, 0.15) is 11.2 Å². The molecule has 292 valence electrons.